The van der Waals surface area contributed by atoms with Crippen LogP contribution in [0.5, 0.6) is 0 Å². The molecule has 0 aromatic rings. The Labute approximate surface area is 72.3 Å². The minimum atomic E-state index is -0.119. The highest BCUT2D eigenvalue weighted by Crippen LogP contribution is 2.34. The second-order valence-electron chi connectivity index (χ2n) is 3.74. The van der Waals surface area contributed by atoms with Crippen molar-refractivity contribution in [3.8, 4) is 0 Å². The zero-order chi connectivity index (χ0) is 8.55. The Bertz CT molecular complexity index is 189. The zero-order valence-electron chi connectivity index (χ0n) is 7.16. The summed E-state index contributed by atoms with van der Waals surface area (Å²) >= 11 is 0. The maximum Gasteiger partial charge on any atom is 0.164 e. The van der Waals surface area contributed by atoms with E-state index >= 15 is 0 Å². The summed E-state index contributed by atoms with van der Waals surface area (Å²) in [6.07, 6.45) is 4.01. The Morgan fingerprint density at radius 1 is 1.33 bits per heavy atom. The van der Waals surface area contributed by atoms with Crippen molar-refractivity contribution in [2.45, 2.75) is 37.9 Å². The van der Waals surface area contributed by atoms with Crippen LogP contribution < -0.4 is 5.73 Å². The van der Waals surface area contributed by atoms with Gasteiger partial charge in [0.15, 0.2) is 5.78 Å². The fraction of sp³-hybridized carbons (Fsp3) is 0.889. The largest absolute Gasteiger partial charge is 0.366 e. The molecule has 1 saturated heterocycles. The number of hydrogen-bond donors (Lipinski definition) is 1. The molecule has 1 heterocycles. The summed E-state index contributed by atoms with van der Waals surface area (Å²) in [6.45, 7) is 0.550. The second kappa shape index (κ2) is 3.15. The third-order valence-electron chi connectivity index (χ3n) is 2.67. The lowest BCUT2D eigenvalue weighted by atomic mass is 10.1. The van der Waals surface area contributed by atoms with Gasteiger partial charge in [-0.15, -0.1) is 0 Å². The normalized spacial score (nSPS) is 35.4. The molecule has 68 valence electrons. The van der Waals surface area contributed by atoms with Crippen LogP contribution >= 0.6 is 0 Å². The van der Waals surface area contributed by atoms with Crippen molar-refractivity contribution in [2.24, 2.45) is 11.7 Å². The minimum absolute atomic E-state index is 0.119. The maximum atomic E-state index is 11.5. The molecule has 0 aromatic heterocycles. The lowest BCUT2D eigenvalue weighted by Gasteiger charge is -2.10. The molecular weight excluding hydrogens is 154 g/mol. The monoisotopic (exact) mass is 169 g/mol. The highest BCUT2D eigenvalue weighted by atomic mass is 16.5. The van der Waals surface area contributed by atoms with Gasteiger partial charge in [-0.1, -0.05) is 0 Å². The van der Waals surface area contributed by atoms with Crippen molar-refractivity contribution in [2.75, 3.05) is 6.54 Å². The van der Waals surface area contributed by atoms with Gasteiger partial charge in [-0.25, -0.2) is 0 Å². The van der Waals surface area contributed by atoms with Crippen molar-refractivity contribution < 1.29 is 9.53 Å². The van der Waals surface area contributed by atoms with Gasteiger partial charge in [-0.3, -0.25) is 4.79 Å². The van der Waals surface area contributed by atoms with Crippen molar-refractivity contribution in [3.05, 3.63) is 0 Å². The minimum Gasteiger partial charge on any atom is -0.366 e. The lowest BCUT2D eigenvalue weighted by molar-refractivity contribution is -0.130. The molecule has 0 amide bonds. The van der Waals surface area contributed by atoms with E-state index in [2.05, 4.69) is 0 Å². The first-order chi connectivity index (χ1) is 5.81. The molecule has 0 aromatic carbocycles. The first-order valence-corrected chi connectivity index (χ1v) is 4.70. The van der Waals surface area contributed by atoms with Crippen LogP contribution in [0.15, 0.2) is 0 Å². The topological polar surface area (TPSA) is 52.3 Å². The molecule has 3 nitrogen and oxygen atoms in total. The summed E-state index contributed by atoms with van der Waals surface area (Å²) in [5, 5.41) is 0. The van der Waals surface area contributed by atoms with Crippen LogP contribution in [0.2, 0.25) is 0 Å². The van der Waals surface area contributed by atoms with Gasteiger partial charge in [0.2, 0.25) is 0 Å². The van der Waals surface area contributed by atoms with E-state index in [9.17, 15) is 4.79 Å². The van der Waals surface area contributed by atoms with E-state index in [1.165, 1.54) is 0 Å². The van der Waals surface area contributed by atoms with Gasteiger partial charge in [0.1, 0.15) is 6.10 Å². The average molecular weight is 169 g/mol. The molecule has 2 rings (SSSR count). The number of rotatable bonds is 3. The summed E-state index contributed by atoms with van der Waals surface area (Å²) in [6, 6.07) is 0. The number of hydrogen-bond acceptors (Lipinski definition) is 3. The number of Topliss-reactive ketones (excluding diaryl/α,β-unsaturated/α-hetero) is 1. The Kier molecular flexibility index (Phi) is 2.15. The van der Waals surface area contributed by atoms with Gasteiger partial charge in [0, 0.05) is 12.5 Å². The van der Waals surface area contributed by atoms with Crippen LogP contribution in [-0.4, -0.2) is 24.5 Å². The fourth-order valence-corrected chi connectivity index (χ4v) is 1.72. The van der Waals surface area contributed by atoms with Gasteiger partial charge >= 0.3 is 0 Å². The summed E-state index contributed by atoms with van der Waals surface area (Å²) in [5.41, 5.74) is 5.45. The number of nitrogens with two attached hydrogens (primary N) is 1. The molecule has 1 saturated carbocycles. The van der Waals surface area contributed by atoms with Crippen molar-refractivity contribution >= 4 is 5.78 Å². The van der Waals surface area contributed by atoms with Gasteiger partial charge < -0.3 is 10.5 Å². The fourth-order valence-electron chi connectivity index (χ4n) is 1.72. The first-order valence-electron chi connectivity index (χ1n) is 4.70. The predicted molar refractivity (Wildman–Crippen MR) is 44.7 cm³/mol. The standard InChI is InChI=1S/C9H15NO2/c10-5-7-3-4-8(12-7)9(11)6-1-2-6/h6-8H,1-5,10H2. The number of carbonyl (C=O) groups excluding carboxylic acids is 1. The first kappa shape index (κ1) is 8.20. The highest BCUT2D eigenvalue weighted by Gasteiger charge is 2.38. The van der Waals surface area contributed by atoms with E-state index in [-0.39, 0.29) is 12.2 Å². The van der Waals surface area contributed by atoms with Crippen LogP contribution in [0.1, 0.15) is 25.7 Å². The Hall–Kier alpha value is -0.410. The maximum absolute atomic E-state index is 11.5. The molecule has 3 heteroatoms. The Morgan fingerprint density at radius 3 is 2.58 bits per heavy atom. The summed E-state index contributed by atoms with van der Waals surface area (Å²) < 4.78 is 5.50. The second-order valence-corrected chi connectivity index (χ2v) is 3.74. The zero-order valence-corrected chi connectivity index (χ0v) is 7.16. The van der Waals surface area contributed by atoms with Crippen LogP contribution in [-0.2, 0) is 9.53 Å². The van der Waals surface area contributed by atoms with Gasteiger partial charge in [-0.05, 0) is 25.7 Å². The highest BCUT2D eigenvalue weighted by molar-refractivity contribution is 5.87. The molecule has 0 bridgehead atoms. The average Bonchev–Trinajstić information content (AvgIpc) is 2.82. The van der Waals surface area contributed by atoms with Crippen LogP contribution in [0.4, 0.5) is 0 Å². The SMILES string of the molecule is NCC1CCC(C(=O)C2CC2)O1. The third kappa shape index (κ3) is 1.52. The lowest BCUT2D eigenvalue weighted by Crippen LogP contribution is -2.26. The summed E-state index contributed by atoms with van der Waals surface area (Å²) in [4.78, 5) is 11.5. The predicted octanol–water partition coefficient (Wildman–Crippen LogP) is 0.472. The van der Waals surface area contributed by atoms with E-state index in [0.717, 1.165) is 25.7 Å². The Balaban J connectivity index is 1.85. The number of ketones is 1. The van der Waals surface area contributed by atoms with Gasteiger partial charge in [-0.2, -0.15) is 0 Å². The van der Waals surface area contributed by atoms with E-state index in [1.54, 1.807) is 0 Å². The van der Waals surface area contributed by atoms with E-state index < -0.39 is 0 Å². The molecule has 1 aliphatic heterocycles. The van der Waals surface area contributed by atoms with E-state index in [0.29, 0.717) is 18.2 Å². The summed E-state index contributed by atoms with van der Waals surface area (Å²) in [7, 11) is 0. The molecule has 2 unspecified atom stereocenters. The molecular formula is C9H15NO2. The third-order valence-corrected chi connectivity index (χ3v) is 2.67. The quantitative estimate of drug-likeness (QED) is 0.668. The van der Waals surface area contributed by atoms with Crippen LogP contribution in [0, 0.1) is 5.92 Å². The molecule has 2 aliphatic rings. The molecule has 12 heavy (non-hydrogen) atoms. The molecule has 2 N–H and O–H groups in total. The van der Waals surface area contributed by atoms with Gasteiger partial charge in [0.05, 0.1) is 6.10 Å². The van der Waals surface area contributed by atoms with Gasteiger partial charge in [0.25, 0.3) is 0 Å². The number of ether oxygens (including phenoxy) is 1. The van der Waals surface area contributed by atoms with Crippen molar-refractivity contribution in [1.29, 1.82) is 0 Å². The molecule has 2 fully saturated rings. The van der Waals surface area contributed by atoms with Crippen molar-refractivity contribution in [1.82, 2.24) is 0 Å². The Morgan fingerprint density at radius 2 is 2.08 bits per heavy atom. The molecule has 2 atom stereocenters. The van der Waals surface area contributed by atoms with Crippen LogP contribution in [0.3, 0.4) is 0 Å². The van der Waals surface area contributed by atoms with Crippen LogP contribution in [0.25, 0.3) is 0 Å². The molecule has 0 radical (unpaired) electrons. The van der Waals surface area contributed by atoms with E-state index in [1.807, 2.05) is 0 Å². The smallest absolute Gasteiger partial charge is 0.164 e. The number of carbonyl (C=O) groups is 1. The molecule has 0 spiro atoms. The van der Waals surface area contributed by atoms with E-state index in [4.69, 9.17) is 10.5 Å². The van der Waals surface area contributed by atoms with Crippen molar-refractivity contribution in [3.63, 3.8) is 0 Å². The molecule has 1 aliphatic carbocycles. The summed E-state index contributed by atoms with van der Waals surface area (Å²) in [5.74, 6) is 0.650.